The lowest BCUT2D eigenvalue weighted by atomic mass is 9.90. The van der Waals surface area contributed by atoms with Crippen molar-refractivity contribution in [2.24, 2.45) is 49.5 Å². The number of nitrogens with two attached hydrogens (primary N) is 3. The zero-order valence-corrected chi connectivity index (χ0v) is 75.2. The minimum atomic E-state index is -1.83. The van der Waals surface area contributed by atoms with Crippen molar-refractivity contribution in [2.75, 3.05) is 84.6 Å². The molecule has 0 spiro atoms. The number of hydrogen-bond acceptors (Lipinski definition) is 27. The van der Waals surface area contributed by atoms with Gasteiger partial charge in [0.25, 0.3) is 5.69 Å². The number of nitro groups is 1. The average molecular weight is 1830 g/mol. The van der Waals surface area contributed by atoms with Gasteiger partial charge >= 0.3 is 5.97 Å². The number of nitrogens with zero attached hydrogens (tertiary/aromatic N) is 6. The van der Waals surface area contributed by atoms with Crippen LogP contribution in [0.4, 0.5) is 34.1 Å². The number of rotatable bonds is 57. The number of nitrogens with one attached hydrogen (secondary N) is 16. The largest absolute Gasteiger partial charge is 0.494 e. The number of guanidine groups is 2. The molecule has 45 nitrogen and oxygen atoms in total. The summed E-state index contributed by atoms with van der Waals surface area (Å²) in [5.74, 6) is -11.5. The molecule has 2 aliphatic heterocycles. The van der Waals surface area contributed by atoms with E-state index < -0.39 is 168 Å². The Morgan fingerprint density at radius 3 is 1.67 bits per heavy atom. The number of azo groups is 2. The summed E-state index contributed by atoms with van der Waals surface area (Å²) in [4.78, 5) is 189. The SMILES string of the molecule is CC[C@H](C)[C@H](NC(=O)[C@H](CCCNC(=N)N)NC(=O)CN)C(=O)NCC(=O)N[C@@H](Cc1ccccc1)C(=O)N[C@@H](CC(C)C)C(=O)N[C@@H](CCCNC(=N)N)C(=O)N[C@H](C(=O)N[C@@H](C)C(=O)N[C@@H](CCCCNC(=O)CCCCCOc1c(N=Nc2cc(OC)c(N=Nc3ccc([N+](=O)[O-])cc3)cc2OC)cc2c3c1CCCN3CCC2)C(=O)NCC(=O)NCC(=O)O)[C@@H](C)O. The van der Waals surface area contributed by atoms with Crippen LogP contribution in [0.3, 0.4) is 0 Å². The molecule has 2 heterocycles. The van der Waals surface area contributed by atoms with Crippen LogP contribution in [-0.2, 0) is 81.6 Å². The van der Waals surface area contributed by atoms with Gasteiger partial charge in [-0.05, 0) is 151 Å². The first-order valence-corrected chi connectivity index (χ1v) is 43.7. The number of hydrogen-bond donors (Lipinski definition) is 21. The second kappa shape index (κ2) is 55.2. The van der Waals surface area contributed by atoms with Gasteiger partial charge in [-0.25, -0.2) is 0 Å². The van der Waals surface area contributed by atoms with Gasteiger partial charge in [-0.1, -0.05) is 64.4 Å². The van der Waals surface area contributed by atoms with Crippen LogP contribution in [-0.4, -0.2) is 238 Å². The van der Waals surface area contributed by atoms with Crippen LogP contribution < -0.4 is 111 Å². The number of carboxylic acid groups (broad SMARTS) is 1. The lowest BCUT2D eigenvalue weighted by Gasteiger charge is -2.37. The van der Waals surface area contributed by atoms with Crippen molar-refractivity contribution in [3.05, 3.63) is 99.6 Å². The van der Waals surface area contributed by atoms with Gasteiger partial charge in [0.1, 0.15) is 83.4 Å². The fourth-order valence-electron chi connectivity index (χ4n) is 14.2. The lowest BCUT2D eigenvalue weighted by Crippen LogP contribution is -2.61. The van der Waals surface area contributed by atoms with Gasteiger partial charge in [-0.3, -0.25) is 83.3 Å². The number of nitro benzene ring substituents is 1. The highest BCUT2D eigenvalue weighted by Crippen LogP contribution is 2.48. The Hall–Kier alpha value is -13.8. The minimum Gasteiger partial charge on any atom is -0.494 e. The number of aliphatic carboxylic acids is 1. The molecule has 0 saturated heterocycles. The predicted octanol–water partition coefficient (Wildman–Crippen LogP) is 1.90. The molecule has 4 aromatic carbocycles. The third-order valence-electron chi connectivity index (χ3n) is 21.3. The van der Waals surface area contributed by atoms with E-state index in [2.05, 4.69) is 94.7 Å². The molecule has 131 heavy (non-hydrogen) atoms. The van der Waals surface area contributed by atoms with E-state index in [1.807, 2.05) is 6.07 Å². The Balaban J connectivity index is 1.06. The van der Waals surface area contributed by atoms with Crippen molar-refractivity contribution >= 4 is 123 Å². The number of carboxylic acids is 1. The number of anilines is 1. The van der Waals surface area contributed by atoms with Crippen LogP contribution in [0, 0.1) is 32.8 Å². The summed E-state index contributed by atoms with van der Waals surface area (Å²) in [7, 11) is 2.94. The van der Waals surface area contributed by atoms with Crippen molar-refractivity contribution in [1.29, 1.82) is 10.8 Å². The molecule has 12 amide bonds. The van der Waals surface area contributed by atoms with Crippen LogP contribution in [0.2, 0.25) is 0 Å². The zero-order valence-electron chi connectivity index (χ0n) is 75.2. The summed E-state index contributed by atoms with van der Waals surface area (Å²) in [6.07, 6.45) is 4.53. The maximum absolute atomic E-state index is 14.6. The van der Waals surface area contributed by atoms with Gasteiger partial charge in [0, 0.05) is 81.1 Å². The quantitative estimate of drug-likeness (QED) is 0.00749. The van der Waals surface area contributed by atoms with Gasteiger partial charge < -0.3 is 121 Å². The van der Waals surface area contributed by atoms with Crippen molar-refractivity contribution in [3.8, 4) is 17.2 Å². The first-order valence-electron chi connectivity index (χ1n) is 43.7. The van der Waals surface area contributed by atoms with E-state index in [0.29, 0.717) is 84.3 Å². The molecule has 2 aliphatic rings. The second-order valence-electron chi connectivity index (χ2n) is 32.1. The van der Waals surface area contributed by atoms with E-state index in [4.69, 9.17) is 52.5 Å². The minimum absolute atomic E-state index is 0.00837. The molecule has 716 valence electrons. The summed E-state index contributed by atoms with van der Waals surface area (Å²) >= 11 is 0. The number of unbranched alkanes of at least 4 members (excludes halogenated alkanes) is 3. The van der Waals surface area contributed by atoms with Gasteiger partial charge in [0.05, 0.1) is 57.2 Å². The first kappa shape index (κ1) is 106. The van der Waals surface area contributed by atoms with Crippen molar-refractivity contribution in [2.45, 2.75) is 212 Å². The van der Waals surface area contributed by atoms with Crippen LogP contribution in [0.5, 0.6) is 17.2 Å². The molecule has 0 fully saturated rings. The highest BCUT2D eigenvalue weighted by molar-refractivity contribution is 5.99. The summed E-state index contributed by atoms with van der Waals surface area (Å²) in [5, 5.41) is 100. The number of non-ortho nitro benzene ring substituents is 1. The van der Waals surface area contributed by atoms with E-state index in [1.165, 1.54) is 45.4 Å². The molecule has 0 unspecified atom stereocenters. The highest BCUT2D eigenvalue weighted by atomic mass is 16.6. The number of carbonyl (C=O) groups is 13. The second-order valence-corrected chi connectivity index (χ2v) is 32.1. The highest BCUT2D eigenvalue weighted by Gasteiger charge is 2.37. The summed E-state index contributed by atoms with van der Waals surface area (Å²) in [6.45, 7) is 9.27. The fourth-order valence-corrected chi connectivity index (χ4v) is 14.2. The number of aliphatic hydroxyl groups excluding tert-OH is 1. The van der Waals surface area contributed by atoms with E-state index in [-0.39, 0.29) is 101 Å². The molecule has 24 N–H and O–H groups in total. The molecule has 0 bridgehead atoms. The van der Waals surface area contributed by atoms with E-state index in [9.17, 15) is 77.5 Å². The molecule has 0 radical (unpaired) electrons. The van der Waals surface area contributed by atoms with Crippen molar-refractivity contribution < 1.29 is 91.7 Å². The number of ether oxygens (including phenoxy) is 3. The van der Waals surface area contributed by atoms with Gasteiger partial charge in [0.2, 0.25) is 70.9 Å². The molecule has 0 aromatic heterocycles. The molecule has 0 aliphatic carbocycles. The molecule has 45 heteroatoms. The molecular weight excluding hydrogens is 1700 g/mol. The van der Waals surface area contributed by atoms with E-state index >= 15 is 0 Å². The number of carbonyl (C=O) groups excluding carboxylic acids is 12. The van der Waals surface area contributed by atoms with Gasteiger partial charge in [-0.15, -0.1) is 15.3 Å². The summed E-state index contributed by atoms with van der Waals surface area (Å²) in [5.41, 5.74) is 21.8. The van der Waals surface area contributed by atoms with E-state index in [1.54, 1.807) is 70.2 Å². The third-order valence-corrected chi connectivity index (χ3v) is 21.3. The number of aliphatic hydroxyl groups is 1. The topological polar surface area (TPSA) is 680 Å². The Morgan fingerprint density at radius 1 is 0.534 bits per heavy atom. The molecule has 0 saturated carbocycles. The number of methoxy groups -OCH3 is 2. The maximum atomic E-state index is 14.6. The molecular formula is C86H127N25O20. The zero-order chi connectivity index (χ0) is 96.2. The Morgan fingerprint density at radius 2 is 1.08 bits per heavy atom. The molecule has 6 rings (SSSR count). The first-order chi connectivity index (χ1) is 62.5. The average Bonchev–Trinajstić information content (AvgIpc) is 0.756. The van der Waals surface area contributed by atoms with Gasteiger partial charge in [-0.2, -0.15) is 5.11 Å². The molecule has 10 atom stereocenters. The monoisotopic (exact) mass is 1830 g/mol. The normalized spacial score (nSPS) is 14.4. The lowest BCUT2D eigenvalue weighted by molar-refractivity contribution is -0.384. The maximum Gasteiger partial charge on any atom is 0.322 e. The Labute approximate surface area is 759 Å². The standard InChI is InChI=1S/C86H127N25O20/c1-9-50(4)73(104-79(121)59(99-69(114)45-87)27-18-35-93-85(88)89)83(125)97-47-71(116)100-65(41-53-22-12-10-13-23-53)82(124)103-64(40-49(2)3)81(123)102-60(28-19-36-94-86(90)91)80(122)105-74(52(6)112)84(126)98-51(5)77(119)101-58(78(120)96-46-70(115)95-48-72(117)118)26-15-16-34-92-68(113)29-14-11-17-39-131-76-57-25-21-38-110-37-20-24-54(75(57)110)42-63(76)109-108-62-44-66(129-7)61(43-67(62)130-8)107-106-55-30-32-56(33-31-55)111(127)128/h10,12-13,22-23,30-33,42-44,49-52,58-60,64-65,73-74,112H,9,11,14-21,24-29,34-41,45-48,87H2,1-8H3,(H,92,113)(H,95,115)(H,96,120)(H,97,125)(H,98,126)(H,99,114)(H,100,116)(H,101,119)(H,102,123)(H,103,124)(H,104,121)(H,105,122)(H,117,118)(H4,88,89,93)(H4,90,91,94)/t50-,51-,52+,58-,59-,60-,64-,65-,73-,74-/m0/s1. The number of amides is 12. The van der Waals surface area contributed by atoms with Crippen LogP contribution in [0.15, 0.2) is 93.3 Å². The van der Waals surface area contributed by atoms with Gasteiger partial charge in [0.15, 0.2) is 17.7 Å². The van der Waals surface area contributed by atoms with Crippen molar-refractivity contribution in [1.82, 2.24) is 74.4 Å². The fraction of sp³-hybridized carbons (Fsp3) is 0.547. The van der Waals surface area contributed by atoms with Crippen molar-refractivity contribution in [3.63, 3.8) is 0 Å². The summed E-state index contributed by atoms with van der Waals surface area (Å²) < 4.78 is 17.9. The predicted molar refractivity (Wildman–Crippen MR) is 483 cm³/mol. The number of aryl methyl sites for hydroxylation is 1. The third kappa shape index (κ3) is 36.4. The van der Waals surface area contributed by atoms with Crippen LogP contribution in [0.1, 0.15) is 155 Å². The number of benzene rings is 4. The van der Waals surface area contributed by atoms with Crippen LogP contribution >= 0.6 is 0 Å². The Kier molecular flexibility index (Phi) is 44.7. The van der Waals surface area contributed by atoms with E-state index in [0.717, 1.165) is 62.5 Å². The molecule has 4 aromatic rings. The Bertz CT molecular complexity index is 4650. The smallest absolute Gasteiger partial charge is 0.322 e. The van der Waals surface area contributed by atoms with Crippen LogP contribution in [0.25, 0.3) is 0 Å². The summed E-state index contributed by atoms with van der Waals surface area (Å²) in [6, 6.07) is 7.84.